The Morgan fingerprint density at radius 3 is 2.80 bits per heavy atom. The second-order valence-electron chi connectivity index (χ2n) is 5.94. The summed E-state index contributed by atoms with van der Waals surface area (Å²) in [6.07, 6.45) is 2.84. The van der Waals surface area contributed by atoms with Crippen LogP contribution >= 0.6 is 0 Å². The molecule has 0 radical (unpaired) electrons. The van der Waals surface area contributed by atoms with Crippen molar-refractivity contribution in [2.24, 2.45) is 0 Å². The molecule has 1 aliphatic carbocycles. The second-order valence-corrected chi connectivity index (χ2v) is 5.94. The highest BCUT2D eigenvalue weighted by Gasteiger charge is 2.34. The van der Waals surface area contributed by atoms with E-state index in [1.54, 1.807) is 0 Å². The molecular weight excluding hydrogens is 252 g/mol. The molecule has 1 heterocycles. The van der Waals surface area contributed by atoms with Crippen LogP contribution in [0.4, 0.5) is 0 Å². The SMILES string of the molecule is CN1CCC[C@@H]1C(=O)N[C@H]1C[C@H](CO)c2ccccc21. The fourth-order valence-electron chi connectivity index (χ4n) is 3.56. The molecule has 4 heteroatoms. The number of rotatable bonds is 3. The van der Waals surface area contributed by atoms with Crippen molar-refractivity contribution in [3.05, 3.63) is 35.4 Å². The first-order valence-electron chi connectivity index (χ1n) is 7.41. The van der Waals surface area contributed by atoms with Gasteiger partial charge in [-0.05, 0) is 44.0 Å². The van der Waals surface area contributed by atoms with E-state index in [0.717, 1.165) is 25.8 Å². The van der Waals surface area contributed by atoms with E-state index < -0.39 is 0 Å². The molecule has 0 aromatic heterocycles. The molecule has 1 aliphatic heterocycles. The molecule has 1 amide bonds. The van der Waals surface area contributed by atoms with Gasteiger partial charge in [0.05, 0.1) is 18.7 Å². The second kappa shape index (κ2) is 5.54. The largest absolute Gasteiger partial charge is 0.396 e. The number of aliphatic hydroxyl groups is 1. The molecule has 1 saturated heterocycles. The van der Waals surface area contributed by atoms with Crippen LogP contribution in [0.25, 0.3) is 0 Å². The number of carbonyl (C=O) groups excluding carboxylic acids is 1. The monoisotopic (exact) mass is 274 g/mol. The van der Waals surface area contributed by atoms with Crippen molar-refractivity contribution < 1.29 is 9.90 Å². The van der Waals surface area contributed by atoms with Crippen LogP contribution in [0.15, 0.2) is 24.3 Å². The Morgan fingerprint density at radius 1 is 1.40 bits per heavy atom. The van der Waals surface area contributed by atoms with Gasteiger partial charge in [-0.1, -0.05) is 24.3 Å². The number of benzene rings is 1. The van der Waals surface area contributed by atoms with E-state index in [-0.39, 0.29) is 30.5 Å². The molecule has 3 rings (SSSR count). The average molecular weight is 274 g/mol. The first kappa shape index (κ1) is 13.6. The lowest BCUT2D eigenvalue weighted by molar-refractivity contribution is -0.125. The minimum absolute atomic E-state index is 0.00957. The molecule has 1 aromatic carbocycles. The van der Waals surface area contributed by atoms with E-state index in [0.29, 0.717) is 0 Å². The number of hydrogen-bond acceptors (Lipinski definition) is 3. The smallest absolute Gasteiger partial charge is 0.237 e. The third-order valence-corrected chi connectivity index (χ3v) is 4.69. The van der Waals surface area contributed by atoms with Crippen LogP contribution in [0, 0.1) is 0 Å². The van der Waals surface area contributed by atoms with Gasteiger partial charge in [-0.15, -0.1) is 0 Å². The van der Waals surface area contributed by atoms with Gasteiger partial charge in [0.1, 0.15) is 0 Å². The van der Waals surface area contributed by atoms with Crippen molar-refractivity contribution in [3.63, 3.8) is 0 Å². The molecule has 0 saturated carbocycles. The van der Waals surface area contributed by atoms with Gasteiger partial charge in [-0.3, -0.25) is 9.69 Å². The number of carbonyl (C=O) groups is 1. The Labute approximate surface area is 119 Å². The first-order valence-corrected chi connectivity index (χ1v) is 7.41. The zero-order valence-electron chi connectivity index (χ0n) is 11.9. The number of nitrogens with zero attached hydrogens (tertiary/aromatic N) is 1. The predicted octanol–water partition coefficient (Wildman–Crippen LogP) is 1.42. The van der Waals surface area contributed by atoms with Crippen LogP contribution in [-0.4, -0.2) is 42.2 Å². The molecule has 108 valence electrons. The molecule has 1 fully saturated rings. The molecule has 0 bridgehead atoms. The molecule has 3 atom stereocenters. The summed E-state index contributed by atoms with van der Waals surface area (Å²) in [4.78, 5) is 14.5. The van der Waals surface area contributed by atoms with Crippen molar-refractivity contribution in [2.45, 2.75) is 37.3 Å². The van der Waals surface area contributed by atoms with Crippen LogP contribution in [-0.2, 0) is 4.79 Å². The van der Waals surface area contributed by atoms with Crippen molar-refractivity contribution >= 4 is 5.91 Å². The molecule has 20 heavy (non-hydrogen) atoms. The molecule has 4 nitrogen and oxygen atoms in total. The normalized spacial score (nSPS) is 29.4. The standard InChI is InChI=1S/C16H22N2O2/c1-18-8-4-7-15(18)16(20)17-14-9-11(10-19)12-5-2-3-6-13(12)14/h2-3,5-6,11,14-15,19H,4,7-10H2,1H3,(H,17,20)/t11-,14+,15-/m1/s1. The van der Waals surface area contributed by atoms with E-state index in [1.165, 1.54) is 11.1 Å². The highest BCUT2D eigenvalue weighted by Crippen LogP contribution is 2.39. The topological polar surface area (TPSA) is 52.6 Å². The Bertz CT molecular complexity index is 503. The van der Waals surface area contributed by atoms with Crippen LogP contribution in [0.3, 0.4) is 0 Å². The number of likely N-dealkylation sites (tertiary alicyclic amines) is 1. The van der Waals surface area contributed by atoms with Gasteiger partial charge in [-0.2, -0.15) is 0 Å². The number of likely N-dealkylation sites (N-methyl/N-ethyl adjacent to an activating group) is 1. The summed E-state index contributed by atoms with van der Waals surface area (Å²) < 4.78 is 0. The maximum atomic E-state index is 12.4. The fraction of sp³-hybridized carbons (Fsp3) is 0.562. The van der Waals surface area contributed by atoms with Crippen LogP contribution in [0.2, 0.25) is 0 Å². The minimum atomic E-state index is 0.00957. The van der Waals surface area contributed by atoms with Gasteiger partial charge in [0.2, 0.25) is 5.91 Å². The molecular formula is C16H22N2O2. The molecule has 2 aliphatic rings. The lowest BCUT2D eigenvalue weighted by Crippen LogP contribution is -2.42. The van der Waals surface area contributed by atoms with Crippen LogP contribution in [0.5, 0.6) is 0 Å². The van der Waals surface area contributed by atoms with Gasteiger partial charge < -0.3 is 10.4 Å². The zero-order chi connectivity index (χ0) is 14.1. The molecule has 0 unspecified atom stereocenters. The molecule has 2 N–H and O–H groups in total. The summed E-state index contributed by atoms with van der Waals surface area (Å²) in [7, 11) is 2.01. The highest BCUT2D eigenvalue weighted by molar-refractivity contribution is 5.82. The predicted molar refractivity (Wildman–Crippen MR) is 77.4 cm³/mol. The van der Waals surface area contributed by atoms with Gasteiger partial charge in [-0.25, -0.2) is 0 Å². The fourth-order valence-corrected chi connectivity index (χ4v) is 3.56. The summed E-state index contributed by atoms with van der Waals surface area (Å²) in [6, 6.07) is 8.18. The van der Waals surface area contributed by atoms with Gasteiger partial charge >= 0.3 is 0 Å². The number of nitrogens with one attached hydrogen (secondary N) is 1. The lowest BCUT2D eigenvalue weighted by atomic mass is 10.0. The van der Waals surface area contributed by atoms with E-state index in [1.807, 2.05) is 19.2 Å². The van der Waals surface area contributed by atoms with Crippen LogP contribution < -0.4 is 5.32 Å². The summed E-state index contributed by atoms with van der Waals surface area (Å²) >= 11 is 0. The van der Waals surface area contributed by atoms with Crippen molar-refractivity contribution in [1.29, 1.82) is 0 Å². The molecule has 1 aromatic rings. The van der Waals surface area contributed by atoms with Crippen molar-refractivity contribution in [1.82, 2.24) is 10.2 Å². The minimum Gasteiger partial charge on any atom is -0.396 e. The van der Waals surface area contributed by atoms with E-state index in [4.69, 9.17) is 0 Å². The third-order valence-electron chi connectivity index (χ3n) is 4.69. The Kier molecular flexibility index (Phi) is 3.76. The van der Waals surface area contributed by atoms with E-state index in [2.05, 4.69) is 22.3 Å². The number of aliphatic hydroxyl groups excluding tert-OH is 1. The lowest BCUT2D eigenvalue weighted by Gasteiger charge is -2.22. The van der Waals surface area contributed by atoms with Crippen molar-refractivity contribution in [2.75, 3.05) is 20.2 Å². The van der Waals surface area contributed by atoms with Crippen LogP contribution in [0.1, 0.15) is 42.3 Å². The van der Waals surface area contributed by atoms with E-state index >= 15 is 0 Å². The van der Waals surface area contributed by atoms with Gasteiger partial charge in [0.25, 0.3) is 0 Å². The Hall–Kier alpha value is -1.39. The summed E-state index contributed by atoms with van der Waals surface area (Å²) in [5, 5.41) is 12.7. The van der Waals surface area contributed by atoms with Gasteiger partial charge in [0, 0.05) is 5.92 Å². The summed E-state index contributed by atoms with van der Waals surface area (Å²) in [5.41, 5.74) is 2.35. The number of amides is 1. The highest BCUT2D eigenvalue weighted by atomic mass is 16.3. The number of fused-ring (bicyclic) bond motifs is 1. The Morgan fingerprint density at radius 2 is 2.15 bits per heavy atom. The quantitative estimate of drug-likeness (QED) is 0.876. The molecule has 0 spiro atoms. The van der Waals surface area contributed by atoms with E-state index in [9.17, 15) is 9.90 Å². The summed E-state index contributed by atoms with van der Waals surface area (Å²) in [5.74, 6) is 0.279. The van der Waals surface area contributed by atoms with Crippen molar-refractivity contribution in [3.8, 4) is 0 Å². The Balaban J connectivity index is 1.74. The zero-order valence-corrected chi connectivity index (χ0v) is 11.9. The van der Waals surface area contributed by atoms with Gasteiger partial charge in [0.15, 0.2) is 0 Å². The first-order chi connectivity index (χ1) is 9.70. The maximum Gasteiger partial charge on any atom is 0.237 e. The summed E-state index contributed by atoms with van der Waals surface area (Å²) in [6.45, 7) is 1.14. The maximum absolute atomic E-state index is 12.4. The average Bonchev–Trinajstić information content (AvgIpc) is 3.03. The number of hydrogen-bond donors (Lipinski definition) is 2. The third kappa shape index (κ3) is 2.34.